The van der Waals surface area contributed by atoms with Crippen molar-refractivity contribution in [2.24, 2.45) is 0 Å². The summed E-state index contributed by atoms with van der Waals surface area (Å²) in [5.41, 5.74) is 3.82. The quantitative estimate of drug-likeness (QED) is 0.390. The molecule has 4 aromatic carbocycles. The third-order valence-electron chi connectivity index (χ3n) is 4.88. The maximum atomic E-state index is 6.18. The average molecular weight is 368 g/mol. The van der Waals surface area contributed by atoms with E-state index in [0.717, 1.165) is 5.75 Å². The lowest BCUT2D eigenvalue weighted by atomic mass is 9.97. The van der Waals surface area contributed by atoms with Crippen molar-refractivity contribution in [3.63, 3.8) is 0 Å². The molecule has 4 rings (SSSR count). The van der Waals surface area contributed by atoms with Crippen molar-refractivity contribution in [1.29, 1.82) is 0 Å². The smallest absolute Gasteiger partial charge is 0.127 e. The van der Waals surface area contributed by atoms with E-state index in [-0.39, 0.29) is 0 Å². The maximum Gasteiger partial charge on any atom is 0.127 e. The summed E-state index contributed by atoms with van der Waals surface area (Å²) in [7, 11) is -0.544. The summed E-state index contributed by atoms with van der Waals surface area (Å²) in [5, 5.41) is 3.89. The van der Waals surface area contributed by atoms with Crippen LogP contribution in [0, 0.1) is 0 Å². The fourth-order valence-corrected chi connectivity index (χ4v) is 4.71. The number of benzene rings is 4. The molecule has 0 N–H and O–H groups in total. The summed E-state index contributed by atoms with van der Waals surface area (Å²) in [6, 6.07) is 32.0. The zero-order valence-corrected chi connectivity index (χ0v) is 16.8. The highest BCUT2D eigenvalue weighted by atomic mass is 28.3. The van der Waals surface area contributed by atoms with Gasteiger partial charge < -0.3 is 4.74 Å². The molecule has 0 saturated heterocycles. The molecule has 0 unspecified atom stereocenters. The molecule has 27 heavy (non-hydrogen) atoms. The SMILES string of the molecule is C[Si](C)c1ccccc1-c1ccc(OCc2ccccc2)c2ccccc12. The Morgan fingerprint density at radius 3 is 2.07 bits per heavy atom. The van der Waals surface area contributed by atoms with Gasteiger partial charge in [-0.3, -0.25) is 0 Å². The van der Waals surface area contributed by atoms with Gasteiger partial charge in [0.05, 0.1) is 8.80 Å². The molecular formula is C25H23OSi. The van der Waals surface area contributed by atoms with E-state index in [1.54, 1.807) is 0 Å². The van der Waals surface area contributed by atoms with Crippen molar-refractivity contribution in [3.05, 3.63) is 96.6 Å². The summed E-state index contributed by atoms with van der Waals surface area (Å²) < 4.78 is 6.18. The Labute approximate surface area is 162 Å². The lowest BCUT2D eigenvalue weighted by Gasteiger charge is -2.16. The molecule has 2 heteroatoms. The second kappa shape index (κ2) is 7.81. The summed E-state index contributed by atoms with van der Waals surface area (Å²) in [5.74, 6) is 0.939. The molecule has 0 amide bonds. The second-order valence-electron chi connectivity index (χ2n) is 6.98. The molecule has 0 aliphatic heterocycles. The fraction of sp³-hybridized carbons (Fsp3) is 0.120. The van der Waals surface area contributed by atoms with Gasteiger partial charge in [-0.2, -0.15) is 0 Å². The highest BCUT2D eigenvalue weighted by Crippen LogP contribution is 2.34. The van der Waals surface area contributed by atoms with Gasteiger partial charge in [0.2, 0.25) is 0 Å². The van der Waals surface area contributed by atoms with E-state index in [4.69, 9.17) is 4.74 Å². The molecule has 0 bridgehead atoms. The van der Waals surface area contributed by atoms with Crippen LogP contribution in [0.15, 0.2) is 91.0 Å². The lowest BCUT2D eigenvalue weighted by Crippen LogP contribution is -2.24. The van der Waals surface area contributed by atoms with Crippen LogP contribution in [0.25, 0.3) is 21.9 Å². The van der Waals surface area contributed by atoms with Gasteiger partial charge in [0.15, 0.2) is 0 Å². The van der Waals surface area contributed by atoms with E-state index < -0.39 is 8.80 Å². The first-order valence-corrected chi connectivity index (χ1v) is 11.8. The number of fused-ring (bicyclic) bond motifs is 1. The molecule has 0 atom stereocenters. The van der Waals surface area contributed by atoms with Crippen molar-refractivity contribution in [2.45, 2.75) is 19.7 Å². The van der Waals surface area contributed by atoms with Crippen LogP contribution in [0.2, 0.25) is 13.1 Å². The Bertz CT molecular complexity index is 1050. The van der Waals surface area contributed by atoms with E-state index in [1.165, 1.54) is 32.6 Å². The lowest BCUT2D eigenvalue weighted by molar-refractivity contribution is 0.310. The van der Waals surface area contributed by atoms with Crippen LogP contribution < -0.4 is 9.92 Å². The van der Waals surface area contributed by atoms with Gasteiger partial charge in [-0.25, -0.2) is 0 Å². The molecule has 133 valence electrons. The Hall–Kier alpha value is -2.84. The normalized spacial score (nSPS) is 11.1. The van der Waals surface area contributed by atoms with Crippen LogP contribution in [0.1, 0.15) is 5.56 Å². The standard InChI is InChI=1S/C25H23OSi/c1-27(2)25-15-9-8-14-23(25)21-16-17-24(22-13-7-6-12-20(21)22)26-18-19-10-4-3-5-11-19/h3-17H,18H2,1-2H3. The van der Waals surface area contributed by atoms with Crippen LogP contribution in [0.5, 0.6) is 5.75 Å². The highest BCUT2D eigenvalue weighted by molar-refractivity contribution is 6.72. The van der Waals surface area contributed by atoms with Crippen molar-refractivity contribution >= 4 is 24.8 Å². The Balaban J connectivity index is 1.77. The highest BCUT2D eigenvalue weighted by Gasteiger charge is 2.13. The van der Waals surface area contributed by atoms with Crippen LogP contribution in [-0.2, 0) is 6.61 Å². The predicted molar refractivity (Wildman–Crippen MR) is 117 cm³/mol. The van der Waals surface area contributed by atoms with Crippen LogP contribution in [-0.4, -0.2) is 8.80 Å². The van der Waals surface area contributed by atoms with Gasteiger partial charge in [0.1, 0.15) is 12.4 Å². The number of hydrogen-bond donors (Lipinski definition) is 0. The first-order valence-electron chi connectivity index (χ1n) is 9.32. The van der Waals surface area contributed by atoms with Crippen LogP contribution >= 0.6 is 0 Å². The van der Waals surface area contributed by atoms with Crippen molar-refractivity contribution in [1.82, 2.24) is 0 Å². The molecule has 4 aromatic rings. The first kappa shape index (κ1) is 17.6. The van der Waals surface area contributed by atoms with Crippen molar-refractivity contribution in [2.75, 3.05) is 0 Å². The van der Waals surface area contributed by atoms with Crippen molar-refractivity contribution < 1.29 is 4.74 Å². The van der Waals surface area contributed by atoms with Gasteiger partial charge >= 0.3 is 0 Å². The minimum absolute atomic E-state index is 0.544. The van der Waals surface area contributed by atoms with E-state index in [9.17, 15) is 0 Å². The minimum atomic E-state index is -0.544. The molecule has 0 aliphatic carbocycles. The van der Waals surface area contributed by atoms with E-state index >= 15 is 0 Å². The predicted octanol–water partition coefficient (Wildman–Crippen LogP) is 6.05. The summed E-state index contributed by atoms with van der Waals surface area (Å²) >= 11 is 0. The van der Waals surface area contributed by atoms with Crippen LogP contribution in [0.3, 0.4) is 0 Å². The minimum Gasteiger partial charge on any atom is -0.488 e. The zero-order chi connectivity index (χ0) is 18.6. The van der Waals surface area contributed by atoms with Gasteiger partial charge in [0, 0.05) is 5.39 Å². The van der Waals surface area contributed by atoms with Crippen molar-refractivity contribution in [3.8, 4) is 16.9 Å². The molecule has 0 aliphatic rings. The molecule has 0 saturated carbocycles. The van der Waals surface area contributed by atoms with Gasteiger partial charge in [-0.1, -0.05) is 103 Å². The Kier molecular flexibility index (Phi) is 5.08. The molecule has 0 fully saturated rings. The number of ether oxygens (including phenoxy) is 1. The average Bonchev–Trinajstić information content (AvgIpc) is 2.72. The fourth-order valence-electron chi connectivity index (χ4n) is 3.52. The topological polar surface area (TPSA) is 9.23 Å². The third-order valence-corrected chi connectivity index (χ3v) is 6.39. The van der Waals surface area contributed by atoms with E-state index in [0.29, 0.717) is 6.61 Å². The maximum absolute atomic E-state index is 6.18. The summed E-state index contributed by atoms with van der Waals surface area (Å²) in [6.45, 7) is 5.28. The van der Waals surface area contributed by atoms with E-state index in [2.05, 4.69) is 85.9 Å². The number of hydrogen-bond acceptors (Lipinski definition) is 1. The second-order valence-corrected chi connectivity index (χ2v) is 9.52. The molecule has 0 spiro atoms. The molecule has 1 nitrogen and oxygen atoms in total. The van der Waals surface area contributed by atoms with Gasteiger partial charge in [-0.15, -0.1) is 0 Å². The Morgan fingerprint density at radius 2 is 1.30 bits per heavy atom. The Morgan fingerprint density at radius 1 is 0.630 bits per heavy atom. The number of rotatable bonds is 5. The van der Waals surface area contributed by atoms with E-state index in [1.807, 2.05) is 18.2 Å². The van der Waals surface area contributed by atoms with Crippen LogP contribution in [0.4, 0.5) is 0 Å². The largest absolute Gasteiger partial charge is 0.488 e. The first-order chi connectivity index (χ1) is 13.2. The summed E-state index contributed by atoms with van der Waals surface area (Å²) in [6.07, 6.45) is 0. The molecule has 0 aromatic heterocycles. The zero-order valence-electron chi connectivity index (χ0n) is 15.8. The van der Waals surface area contributed by atoms with Gasteiger partial charge in [0.25, 0.3) is 0 Å². The molecule has 0 heterocycles. The monoisotopic (exact) mass is 367 g/mol. The summed E-state index contributed by atoms with van der Waals surface area (Å²) in [4.78, 5) is 0. The molecule has 1 radical (unpaired) electrons. The van der Waals surface area contributed by atoms with Gasteiger partial charge in [-0.05, 0) is 28.1 Å². The third kappa shape index (κ3) is 3.67. The molecular weight excluding hydrogens is 344 g/mol.